The maximum atomic E-state index is 6.11. The lowest BCUT2D eigenvalue weighted by molar-refractivity contribution is 0.413. The fourth-order valence-corrected chi connectivity index (χ4v) is 2.11. The maximum Gasteiger partial charge on any atom is 0.119 e. The van der Waals surface area contributed by atoms with E-state index in [9.17, 15) is 0 Å². The second-order valence-electron chi connectivity index (χ2n) is 3.92. The number of methoxy groups -OCH3 is 1. The number of fused-ring (bicyclic) bond motifs is 1. The fraction of sp³-hybridized carbons (Fsp3) is 0.500. The smallest absolute Gasteiger partial charge is 0.119 e. The van der Waals surface area contributed by atoms with Crippen molar-refractivity contribution in [2.75, 3.05) is 7.11 Å². The molecule has 76 valence electrons. The van der Waals surface area contributed by atoms with Gasteiger partial charge in [-0.05, 0) is 42.5 Å². The molecular weight excluding hydrogens is 174 g/mol. The molecule has 0 radical (unpaired) electrons. The van der Waals surface area contributed by atoms with E-state index in [1.165, 1.54) is 24.0 Å². The zero-order valence-electron chi connectivity index (χ0n) is 8.62. The minimum absolute atomic E-state index is 0.197. The van der Waals surface area contributed by atoms with E-state index < -0.39 is 0 Å². The number of hydrogen-bond donors (Lipinski definition) is 1. The van der Waals surface area contributed by atoms with Gasteiger partial charge in [-0.2, -0.15) is 0 Å². The van der Waals surface area contributed by atoms with Gasteiger partial charge in [0, 0.05) is 6.04 Å². The summed E-state index contributed by atoms with van der Waals surface area (Å²) in [6.45, 7) is 0. The highest BCUT2D eigenvalue weighted by Gasteiger charge is 2.15. The second-order valence-corrected chi connectivity index (χ2v) is 3.92. The van der Waals surface area contributed by atoms with Crippen LogP contribution < -0.4 is 10.5 Å². The van der Waals surface area contributed by atoms with Crippen molar-refractivity contribution >= 4 is 0 Å². The van der Waals surface area contributed by atoms with Gasteiger partial charge in [0.2, 0.25) is 0 Å². The number of hydrogen-bond acceptors (Lipinski definition) is 2. The Hall–Kier alpha value is -1.02. The lowest BCUT2D eigenvalue weighted by atomic mass is 9.99. The number of rotatable bonds is 1. The third kappa shape index (κ3) is 1.75. The van der Waals surface area contributed by atoms with Gasteiger partial charge in [-0.15, -0.1) is 0 Å². The van der Waals surface area contributed by atoms with Crippen LogP contribution in [0.1, 0.15) is 36.4 Å². The molecule has 2 heteroatoms. The van der Waals surface area contributed by atoms with Gasteiger partial charge in [-0.3, -0.25) is 0 Å². The van der Waals surface area contributed by atoms with Crippen molar-refractivity contribution in [3.63, 3.8) is 0 Å². The first kappa shape index (κ1) is 9.53. The Morgan fingerprint density at radius 2 is 2.21 bits per heavy atom. The zero-order chi connectivity index (χ0) is 9.97. The van der Waals surface area contributed by atoms with Crippen molar-refractivity contribution < 1.29 is 4.74 Å². The van der Waals surface area contributed by atoms with Crippen LogP contribution >= 0.6 is 0 Å². The lowest BCUT2D eigenvalue weighted by Crippen LogP contribution is -2.10. The van der Waals surface area contributed by atoms with Crippen LogP contribution in [0.3, 0.4) is 0 Å². The maximum absolute atomic E-state index is 6.11. The summed E-state index contributed by atoms with van der Waals surface area (Å²) in [7, 11) is 1.70. The van der Waals surface area contributed by atoms with E-state index in [1.807, 2.05) is 6.07 Å². The molecule has 0 aliphatic heterocycles. The molecule has 2 rings (SSSR count). The average Bonchev–Trinajstić information content (AvgIpc) is 2.40. The molecule has 1 aliphatic rings. The van der Waals surface area contributed by atoms with Crippen LogP contribution in [0.25, 0.3) is 0 Å². The van der Waals surface area contributed by atoms with Crippen molar-refractivity contribution in [3.8, 4) is 5.75 Å². The molecule has 14 heavy (non-hydrogen) atoms. The lowest BCUT2D eigenvalue weighted by Gasteiger charge is -2.13. The summed E-state index contributed by atoms with van der Waals surface area (Å²) in [5, 5.41) is 0. The molecule has 0 fully saturated rings. The molecule has 0 heterocycles. The molecule has 2 nitrogen and oxygen atoms in total. The first-order chi connectivity index (χ1) is 6.81. The predicted molar refractivity (Wildman–Crippen MR) is 57.5 cm³/mol. The van der Waals surface area contributed by atoms with E-state index in [-0.39, 0.29) is 6.04 Å². The summed E-state index contributed by atoms with van der Waals surface area (Å²) >= 11 is 0. The van der Waals surface area contributed by atoms with Gasteiger partial charge in [-0.1, -0.05) is 12.5 Å². The van der Waals surface area contributed by atoms with Crippen molar-refractivity contribution in [1.29, 1.82) is 0 Å². The van der Waals surface area contributed by atoms with Gasteiger partial charge in [0.25, 0.3) is 0 Å². The van der Waals surface area contributed by atoms with Crippen LogP contribution in [0, 0.1) is 0 Å². The molecule has 0 amide bonds. The average molecular weight is 191 g/mol. The molecule has 0 saturated heterocycles. The summed E-state index contributed by atoms with van der Waals surface area (Å²) in [4.78, 5) is 0. The molecule has 0 unspecified atom stereocenters. The minimum atomic E-state index is 0.197. The minimum Gasteiger partial charge on any atom is -0.497 e. The molecule has 1 aromatic carbocycles. The predicted octanol–water partition coefficient (Wildman–Crippen LogP) is 2.42. The molecular formula is C12H17NO. The Morgan fingerprint density at radius 3 is 3.00 bits per heavy atom. The molecule has 1 atom stereocenters. The summed E-state index contributed by atoms with van der Waals surface area (Å²) in [6, 6.07) is 6.46. The van der Waals surface area contributed by atoms with Gasteiger partial charge in [-0.25, -0.2) is 0 Å². The van der Waals surface area contributed by atoms with E-state index in [4.69, 9.17) is 10.5 Å². The normalized spacial score (nSPS) is 21.1. The fourth-order valence-electron chi connectivity index (χ4n) is 2.11. The van der Waals surface area contributed by atoms with Gasteiger partial charge in [0.15, 0.2) is 0 Å². The summed E-state index contributed by atoms with van der Waals surface area (Å²) in [5.74, 6) is 0.918. The standard InChI is InChI=1S/C12H17NO/c1-14-10-7-6-9-4-2-3-5-12(13)11(9)8-10/h6-8,12H,2-5,13H2,1H3/t12-/m1/s1. The zero-order valence-corrected chi connectivity index (χ0v) is 8.62. The second kappa shape index (κ2) is 4.01. The first-order valence-corrected chi connectivity index (χ1v) is 5.23. The van der Waals surface area contributed by atoms with E-state index >= 15 is 0 Å². The number of nitrogens with two attached hydrogens (primary N) is 1. The van der Waals surface area contributed by atoms with Crippen LogP contribution in [-0.4, -0.2) is 7.11 Å². The highest BCUT2D eigenvalue weighted by Crippen LogP contribution is 2.29. The largest absolute Gasteiger partial charge is 0.497 e. The summed E-state index contributed by atoms with van der Waals surface area (Å²) < 4.78 is 5.21. The molecule has 0 saturated carbocycles. The van der Waals surface area contributed by atoms with Crippen molar-refractivity contribution in [2.24, 2.45) is 5.73 Å². The van der Waals surface area contributed by atoms with Gasteiger partial charge in [0.05, 0.1) is 7.11 Å². The van der Waals surface area contributed by atoms with Crippen molar-refractivity contribution in [3.05, 3.63) is 29.3 Å². The molecule has 0 bridgehead atoms. The van der Waals surface area contributed by atoms with E-state index in [2.05, 4.69) is 12.1 Å². The Labute approximate surface area is 85.1 Å². The van der Waals surface area contributed by atoms with E-state index in [0.717, 1.165) is 18.6 Å². The first-order valence-electron chi connectivity index (χ1n) is 5.23. The number of aryl methyl sites for hydroxylation is 1. The van der Waals surface area contributed by atoms with Crippen LogP contribution in [0.5, 0.6) is 5.75 Å². The highest BCUT2D eigenvalue weighted by atomic mass is 16.5. The van der Waals surface area contributed by atoms with Gasteiger partial charge in [0.1, 0.15) is 5.75 Å². The third-order valence-corrected chi connectivity index (χ3v) is 2.96. The van der Waals surface area contributed by atoms with Gasteiger partial charge < -0.3 is 10.5 Å². The monoisotopic (exact) mass is 191 g/mol. The van der Waals surface area contributed by atoms with Crippen LogP contribution in [0.15, 0.2) is 18.2 Å². The van der Waals surface area contributed by atoms with Crippen LogP contribution in [0.4, 0.5) is 0 Å². The summed E-state index contributed by atoms with van der Waals surface area (Å²) in [5.41, 5.74) is 8.79. The molecule has 1 aromatic rings. The molecule has 0 spiro atoms. The highest BCUT2D eigenvalue weighted by molar-refractivity contribution is 5.38. The number of ether oxygens (including phenoxy) is 1. The number of benzene rings is 1. The Balaban J connectivity index is 2.39. The van der Waals surface area contributed by atoms with E-state index in [0.29, 0.717) is 0 Å². The van der Waals surface area contributed by atoms with Crippen LogP contribution in [0.2, 0.25) is 0 Å². The van der Waals surface area contributed by atoms with E-state index in [1.54, 1.807) is 7.11 Å². The quantitative estimate of drug-likeness (QED) is 0.692. The van der Waals surface area contributed by atoms with Gasteiger partial charge >= 0.3 is 0 Å². The van der Waals surface area contributed by atoms with Crippen molar-refractivity contribution in [2.45, 2.75) is 31.7 Å². The Kier molecular flexibility index (Phi) is 2.73. The molecule has 2 N–H and O–H groups in total. The van der Waals surface area contributed by atoms with Crippen molar-refractivity contribution in [1.82, 2.24) is 0 Å². The Bertz CT molecular complexity index is 322. The third-order valence-electron chi connectivity index (χ3n) is 2.96. The molecule has 0 aromatic heterocycles. The topological polar surface area (TPSA) is 35.2 Å². The van der Waals surface area contributed by atoms with Crippen LogP contribution in [-0.2, 0) is 6.42 Å². The Morgan fingerprint density at radius 1 is 1.36 bits per heavy atom. The summed E-state index contributed by atoms with van der Waals surface area (Å²) in [6.07, 6.45) is 4.75. The SMILES string of the molecule is COc1ccc2c(c1)[C@H](N)CCCC2. The molecule has 1 aliphatic carbocycles.